The molecule has 1 N–H and O–H groups in total. The summed E-state index contributed by atoms with van der Waals surface area (Å²) in [5, 5.41) is 0. The number of H-pyrrole nitrogens is 1. The van der Waals surface area contributed by atoms with Gasteiger partial charge in [-0.25, -0.2) is 4.98 Å². The number of rotatable bonds is 0. The number of aromatic nitrogens is 2. The van der Waals surface area contributed by atoms with Gasteiger partial charge < -0.3 is 4.98 Å². The number of nitrogens with one attached hydrogen (secondary N) is 1. The summed E-state index contributed by atoms with van der Waals surface area (Å²) in [6.45, 7) is 0. The molecule has 0 saturated carbocycles. The lowest BCUT2D eigenvalue weighted by Crippen LogP contribution is -1.56. The highest BCUT2D eigenvalue weighted by Gasteiger charge is 1.89. The predicted octanol–water partition coefficient (Wildman–Crippen LogP) is 1.00. The normalized spacial score (nSPS) is 10.9. The van der Waals surface area contributed by atoms with Crippen LogP contribution in [0.4, 0.5) is 0 Å². The molecule has 0 aromatic carbocycles. The van der Waals surface area contributed by atoms with Crippen LogP contribution in [0.2, 0.25) is 0 Å². The standard InChI is InChI=1S/C5H4N2/c1-2-5-6-3-4(1)7-5/h1-3H,(H,6,7). The van der Waals surface area contributed by atoms with Gasteiger partial charge in [-0.05, 0) is 12.1 Å². The number of nitrogens with zero attached hydrogens (tertiary/aromatic N) is 1. The first kappa shape index (κ1) is 3.02. The maximum atomic E-state index is 3.96. The van der Waals surface area contributed by atoms with Crippen LogP contribution in [0.1, 0.15) is 0 Å². The van der Waals surface area contributed by atoms with Crippen molar-refractivity contribution in [3.05, 3.63) is 18.3 Å². The Morgan fingerprint density at radius 2 is 2.43 bits per heavy atom. The fraction of sp³-hybridized carbons (Fsp3) is 0. The van der Waals surface area contributed by atoms with Crippen molar-refractivity contribution in [2.45, 2.75) is 0 Å². The van der Waals surface area contributed by atoms with Crippen molar-refractivity contribution in [1.82, 2.24) is 9.97 Å². The average molecular weight is 92.1 g/mol. The van der Waals surface area contributed by atoms with E-state index in [2.05, 4.69) is 9.97 Å². The lowest BCUT2D eigenvalue weighted by molar-refractivity contribution is 1.44. The molecule has 0 aliphatic heterocycles. The van der Waals surface area contributed by atoms with Crippen molar-refractivity contribution in [1.29, 1.82) is 0 Å². The van der Waals surface area contributed by atoms with Gasteiger partial charge in [-0.1, -0.05) is 0 Å². The Labute approximate surface area is 40.5 Å². The van der Waals surface area contributed by atoms with Crippen LogP contribution in [-0.2, 0) is 0 Å². The Kier molecular flexibility index (Phi) is 0.336. The third-order valence-corrected chi connectivity index (χ3v) is 1.04. The first-order valence-corrected chi connectivity index (χ1v) is 2.18. The highest BCUT2D eigenvalue weighted by molar-refractivity contribution is 5.58. The first-order chi connectivity index (χ1) is 3.45. The third kappa shape index (κ3) is 0.257. The monoisotopic (exact) mass is 92.0 g/mol. The van der Waals surface area contributed by atoms with Crippen LogP contribution in [0.5, 0.6) is 0 Å². The van der Waals surface area contributed by atoms with Gasteiger partial charge in [0.15, 0.2) is 0 Å². The van der Waals surface area contributed by atoms with Crippen molar-refractivity contribution < 1.29 is 0 Å². The van der Waals surface area contributed by atoms with Gasteiger partial charge in [-0.2, -0.15) is 0 Å². The van der Waals surface area contributed by atoms with E-state index in [0.29, 0.717) is 0 Å². The van der Waals surface area contributed by atoms with Crippen LogP contribution in [0.25, 0.3) is 11.2 Å². The van der Waals surface area contributed by atoms with Crippen LogP contribution in [0, 0.1) is 0 Å². The van der Waals surface area contributed by atoms with Crippen molar-refractivity contribution in [2.75, 3.05) is 0 Å². The zero-order valence-corrected chi connectivity index (χ0v) is 3.68. The molecule has 0 saturated heterocycles. The van der Waals surface area contributed by atoms with E-state index in [1.165, 1.54) is 0 Å². The fourth-order valence-corrected chi connectivity index (χ4v) is 0.690. The summed E-state index contributed by atoms with van der Waals surface area (Å²) in [6, 6.07) is 3.96. The molecule has 2 nitrogen and oxygen atoms in total. The highest BCUT2D eigenvalue weighted by Crippen LogP contribution is 2.03. The number of pyridine rings is 1. The quantitative estimate of drug-likeness (QED) is 0.516. The summed E-state index contributed by atoms with van der Waals surface area (Å²) in [5.74, 6) is 0. The molecule has 0 aliphatic carbocycles. The number of hydrogen-bond donors (Lipinski definition) is 1. The third-order valence-electron chi connectivity index (χ3n) is 1.04. The molecule has 0 fully saturated rings. The number of fused-ring (bicyclic) bond motifs is 2. The Morgan fingerprint density at radius 1 is 1.43 bits per heavy atom. The highest BCUT2D eigenvalue weighted by atomic mass is 14.9. The lowest BCUT2D eigenvalue weighted by Gasteiger charge is -1.65. The van der Waals surface area contributed by atoms with Gasteiger partial charge in [-0.15, -0.1) is 0 Å². The molecule has 0 spiro atoms. The summed E-state index contributed by atoms with van der Waals surface area (Å²) in [6.07, 6.45) is 1.81. The molecule has 2 heteroatoms. The van der Waals surface area contributed by atoms with Gasteiger partial charge in [0, 0.05) is 0 Å². The van der Waals surface area contributed by atoms with E-state index in [1.54, 1.807) is 0 Å². The molecular formula is C5H4N2. The Balaban J connectivity index is 3.18. The fourth-order valence-electron chi connectivity index (χ4n) is 0.690. The van der Waals surface area contributed by atoms with Crippen LogP contribution in [0.3, 0.4) is 0 Å². The summed E-state index contributed by atoms with van der Waals surface area (Å²) in [4.78, 5) is 6.99. The van der Waals surface area contributed by atoms with E-state index in [-0.39, 0.29) is 0 Å². The van der Waals surface area contributed by atoms with Gasteiger partial charge in [0.2, 0.25) is 0 Å². The zero-order chi connectivity index (χ0) is 4.69. The van der Waals surface area contributed by atoms with Gasteiger partial charge in [0.1, 0.15) is 5.65 Å². The van der Waals surface area contributed by atoms with E-state index in [1.807, 2.05) is 18.3 Å². The van der Waals surface area contributed by atoms with Crippen molar-refractivity contribution >= 4 is 11.2 Å². The molecule has 2 aromatic heterocycles. The molecule has 7 heavy (non-hydrogen) atoms. The zero-order valence-electron chi connectivity index (χ0n) is 3.68. The van der Waals surface area contributed by atoms with Crippen LogP contribution < -0.4 is 0 Å². The summed E-state index contributed by atoms with van der Waals surface area (Å²) < 4.78 is 0. The molecule has 2 heterocycles. The minimum absolute atomic E-state index is 0.968. The molecule has 0 aliphatic rings. The second-order valence-electron chi connectivity index (χ2n) is 1.56. The van der Waals surface area contributed by atoms with Crippen LogP contribution in [-0.4, -0.2) is 9.97 Å². The largest absolute Gasteiger partial charge is 0.339 e. The van der Waals surface area contributed by atoms with Gasteiger partial charge in [-0.3, -0.25) is 0 Å². The van der Waals surface area contributed by atoms with E-state index >= 15 is 0 Å². The van der Waals surface area contributed by atoms with Gasteiger partial charge in [0.25, 0.3) is 0 Å². The topological polar surface area (TPSA) is 28.7 Å². The summed E-state index contributed by atoms with van der Waals surface area (Å²) in [5.41, 5.74) is 2.07. The summed E-state index contributed by atoms with van der Waals surface area (Å²) >= 11 is 0. The van der Waals surface area contributed by atoms with E-state index < -0.39 is 0 Å². The maximum Gasteiger partial charge on any atom is 0.130 e. The second-order valence-corrected chi connectivity index (χ2v) is 1.56. The van der Waals surface area contributed by atoms with Gasteiger partial charge in [0.05, 0.1) is 11.7 Å². The van der Waals surface area contributed by atoms with E-state index in [4.69, 9.17) is 0 Å². The molecule has 34 valence electrons. The van der Waals surface area contributed by atoms with E-state index in [0.717, 1.165) is 11.2 Å². The van der Waals surface area contributed by atoms with Crippen molar-refractivity contribution in [3.63, 3.8) is 0 Å². The van der Waals surface area contributed by atoms with Crippen LogP contribution >= 0.6 is 0 Å². The molecular weight excluding hydrogens is 88.1 g/mol. The van der Waals surface area contributed by atoms with E-state index in [9.17, 15) is 0 Å². The SMILES string of the molecule is c1cc2ncc1[nH]2. The maximum absolute atomic E-state index is 3.96. The molecule has 2 aromatic rings. The molecule has 0 amide bonds. The minimum Gasteiger partial charge on any atom is -0.339 e. The lowest BCUT2D eigenvalue weighted by atomic mass is 10.5. The van der Waals surface area contributed by atoms with Crippen molar-refractivity contribution in [2.24, 2.45) is 0 Å². The first-order valence-electron chi connectivity index (χ1n) is 2.18. The van der Waals surface area contributed by atoms with Gasteiger partial charge >= 0.3 is 0 Å². The van der Waals surface area contributed by atoms with Crippen LogP contribution in [0.15, 0.2) is 18.3 Å². The Bertz CT molecular complexity index is 202. The number of hydrogen-bond acceptors (Lipinski definition) is 1. The minimum atomic E-state index is 0.968. The molecule has 0 unspecified atom stereocenters. The molecule has 2 rings (SSSR count). The second kappa shape index (κ2) is 0.780. The number of imidazole rings is 1. The Hall–Kier alpha value is -1.05. The molecule has 2 bridgehead atoms. The smallest absolute Gasteiger partial charge is 0.130 e. The molecule has 0 radical (unpaired) electrons. The van der Waals surface area contributed by atoms with Crippen molar-refractivity contribution in [3.8, 4) is 0 Å². The number of aromatic amines is 1. The molecule has 0 atom stereocenters. The predicted molar refractivity (Wildman–Crippen MR) is 27.3 cm³/mol. The summed E-state index contributed by atoms with van der Waals surface area (Å²) in [7, 11) is 0. The Morgan fingerprint density at radius 3 is 2.57 bits per heavy atom. The average Bonchev–Trinajstić information content (AvgIpc) is 2.22.